The summed E-state index contributed by atoms with van der Waals surface area (Å²) >= 11 is 0. The van der Waals surface area contributed by atoms with E-state index in [0.717, 1.165) is 24.5 Å². The SMILES string of the molecule is CCCC(NCC)c1ccc(Oc2ccccc2)cc1. The van der Waals surface area contributed by atoms with Crippen LogP contribution in [0.25, 0.3) is 0 Å². The van der Waals surface area contributed by atoms with Crippen molar-refractivity contribution in [2.45, 2.75) is 32.7 Å². The second kappa shape index (κ2) is 7.71. The van der Waals surface area contributed by atoms with Gasteiger partial charge in [-0.1, -0.05) is 50.6 Å². The molecule has 0 bridgehead atoms. The van der Waals surface area contributed by atoms with Gasteiger partial charge in [0.25, 0.3) is 0 Å². The van der Waals surface area contributed by atoms with E-state index >= 15 is 0 Å². The summed E-state index contributed by atoms with van der Waals surface area (Å²) in [4.78, 5) is 0. The molecule has 1 N–H and O–H groups in total. The van der Waals surface area contributed by atoms with E-state index in [1.807, 2.05) is 42.5 Å². The van der Waals surface area contributed by atoms with Crippen molar-refractivity contribution < 1.29 is 4.74 Å². The summed E-state index contributed by atoms with van der Waals surface area (Å²) in [5, 5.41) is 3.53. The number of hydrogen-bond donors (Lipinski definition) is 1. The predicted octanol–water partition coefficient (Wildman–Crippen LogP) is 4.93. The van der Waals surface area contributed by atoms with Gasteiger partial charge in [0.05, 0.1) is 0 Å². The van der Waals surface area contributed by atoms with Crippen molar-refractivity contribution >= 4 is 0 Å². The normalized spacial score (nSPS) is 12.1. The summed E-state index contributed by atoms with van der Waals surface area (Å²) in [6.45, 7) is 5.36. The fourth-order valence-electron chi connectivity index (χ4n) is 2.31. The van der Waals surface area contributed by atoms with Gasteiger partial charge in [0.1, 0.15) is 11.5 Å². The first-order chi connectivity index (χ1) is 9.83. The molecule has 0 aliphatic rings. The molecule has 20 heavy (non-hydrogen) atoms. The molecule has 1 unspecified atom stereocenters. The van der Waals surface area contributed by atoms with Crippen LogP contribution in [0.5, 0.6) is 11.5 Å². The zero-order chi connectivity index (χ0) is 14.2. The zero-order valence-corrected chi connectivity index (χ0v) is 12.3. The summed E-state index contributed by atoms with van der Waals surface area (Å²) in [6.07, 6.45) is 2.34. The smallest absolute Gasteiger partial charge is 0.127 e. The van der Waals surface area contributed by atoms with Crippen molar-refractivity contribution in [3.8, 4) is 11.5 Å². The van der Waals surface area contributed by atoms with Gasteiger partial charge in [-0.3, -0.25) is 0 Å². The van der Waals surface area contributed by atoms with Crippen molar-refractivity contribution in [3.05, 3.63) is 60.2 Å². The molecule has 106 valence electrons. The van der Waals surface area contributed by atoms with E-state index in [1.165, 1.54) is 12.0 Å². The number of para-hydroxylation sites is 1. The molecular weight excluding hydrogens is 246 g/mol. The van der Waals surface area contributed by atoms with Crippen LogP contribution in [-0.4, -0.2) is 6.54 Å². The van der Waals surface area contributed by atoms with E-state index in [-0.39, 0.29) is 0 Å². The minimum atomic E-state index is 0.441. The molecule has 0 fully saturated rings. The van der Waals surface area contributed by atoms with Crippen molar-refractivity contribution in [3.63, 3.8) is 0 Å². The van der Waals surface area contributed by atoms with E-state index in [2.05, 4.69) is 31.3 Å². The number of hydrogen-bond acceptors (Lipinski definition) is 2. The lowest BCUT2D eigenvalue weighted by molar-refractivity contribution is 0.479. The number of ether oxygens (including phenoxy) is 1. The second-order valence-electron chi connectivity index (χ2n) is 4.88. The Bertz CT molecular complexity index is 487. The monoisotopic (exact) mass is 269 g/mol. The molecule has 0 aromatic heterocycles. The fraction of sp³-hybridized carbons (Fsp3) is 0.333. The summed E-state index contributed by atoms with van der Waals surface area (Å²) in [6, 6.07) is 18.7. The molecule has 0 saturated carbocycles. The van der Waals surface area contributed by atoms with Gasteiger partial charge in [-0.2, -0.15) is 0 Å². The van der Waals surface area contributed by atoms with E-state index in [9.17, 15) is 0 Å². The third kappa shape index (κ3) is 4.10. The Labute approximate surface area is 121 Å². The summed E-state index contributed by atoms with van der Waals surface area (Å²) in [5.41, 5.74) is 1.33. The van der Waals surface area contributed by atoms with E-state index in [0.29, 0.717) is 6.04 Å². The molecule has 0 radical (unpaired) electrons. The lowest BCUT2D eigenvalue weighted by atomic mass is 10.0. The van der Waals surface area contributed by atoms with Crippen LogP contribution in [0.3, 0.4) is 0 Å². The van der Waals surface area contributed by atoms with Gasteiger partial charge in [0, 0.05) is 6.04 Å². The Morgan fingerprint density at radius 1 is 0.900 bits per heavy atom. The van der Waals surface area contributed by atoms with Gasteiger partial charge < -0.3 is 10.1 Å². The minimum Gasteiger partial charge on any atom is -0.457 e. The lowest BCUT2D eigenvalue weighted by Gasteiger charge is -2.18. The summed E-state index contributed by atoms with van der Waals surface area (Å²) in [5.74, 6) is 1.75. The first-order valence-electron chi connectivity index (χ1n) is 7.39. The number of nitrogens with one attached hydrogen (secondary N) is 1. The molecule has 2 aromatic carbocycles. The van der Waals surface area contributed by atoms with E-state index in [1.54, 1.807) is 0 Å². The molecule has 2 rings (SSSR count). The average Bonchev–Trinajstić information content (AvgIpc) is 2.49. The largest absolute Gasteiger partial charge is 0.457 e. The third-order valence-electron chi connectivity index (χ3n) is 3.29. The van der Waals surface area contributed by atoms with Crippen LogP contribution in [0.1, 0.15) is 38.3 Å². The first kappa shape index (κ1) is 14.6. The molecule has 2 nitrogen and oxygen atoms in total. The van der Waals surface area contributed by atoms with Crippen LogP contribution in [0, 0.1) is 0 Å². The Balaban J connectivity index is 2.05. The van der Waals surface area contributed by atoms with E-state index in [4.69, 9.17) is 4.74 Å². The Kier molecular flexibility index (Phi) is 5.63. The van der Waals surface area contributed by atoms with Crippen LogP contribution in [0.4, 0.5) is 0 Å². The molecule has 1 atom stereocenters. The molecule has 0 amide bonds. The fourth-order valence-corrected chi connectivity index (χ4v) is 2.31. The van der Waals surface area contributed by atoms with Crippen LogP contribution in [0.2, 0.25) is 0 Å². The Morgan fingerprint density at radius 3 is 2.15 bits per heavy atom. The van der Waals surface area contributed by atoms with Gasteiger partial charge in [-0.15, -0.1) is 0 Å². The minimum absolute atomic E-state index is 0.441. The summed E-state index contributed by atoms with van der Waals surface area (Å²) in [7, 11) is 0. The zero-order valence-electron chi connectivity index (χ0n) is 12.3. The molecule has 0 spiro atoms. The topological polar surface area (TPSA) is 21.3 Å². The number of rotatable bonds is 7. The first-order valence-corrected chi connectivity index (χ1v) is 7.39. The highest BCUT2D eigenvalue weighted by atomic mass is 16.5. The van der Waals surface area contributed by atoms with E-state index < -0.39 is 0 Å². The molecular formula is C18H23NO. The molecule has 0 saturated heterocycles. The van der Waals surface area contributed by atoms with Crippen LogP contribution >= 0.6 is 0 Å². The molecule has 0 aliphatic heterocycles. The summed E-state index contributed by atoms with van der Waals surface area (Å²) < 4.78 is 5.81. The van der Waals surface area contributed by atoms with Gasteiger partial charge in [-0.25, -0.2) is 0 Å². The maximum atomic E-state index is 5.81. The third-order valence-corrected chi connectivity index (χ3v) is 3.29. The second-order valence-corrected chi connectivity index (χ2v) is 4.88. The van der Waals surface area contributed by atoms with Crippen LogP contribution in [-0.2, 0) is 0 Å². The van der Waals surface area contributed by atoms with Crippen molar-refractivity contribution in [2.24, 2.45) is 0 Å². The highest BCUT2D eigenvalue weighted by Crippen LogP contribution is 2.24. The van der Waals surface area contributed by atoms with Crippen LogP contribution in [0.15, 0.2) is 54.6 Å². The maximum Gasteiger partial charge on any atom is 0.127 e. The van der Waals surface area contributed by atoms with Gasteiger partial charge in [-0.05, 0) is 42.8 Å². The lowest BCUT2D eigenvalue weighted by Crippen LogP contribution is -2.20. The highest BCUT2D eigenvalue weighted by Gasteiger charge is 2.08. The average molecular weight is 269 g/mol. The predicted molar refractivity (Wildman–Crippen MR) is 84.3 cm³/mol. The van der Waals surface area contributed by atoms with Crippen molar-refractivity contribution in [1.29, 1.82) is 0 Å². The molecule has 2 heteroatoms. The van der Waals surface area contributed by atoms with Gasteiger partial charge in [0.2, 0.25) is 0 Å². The highest BCUT2D eigenvalue weighted by molar-refractivity contribution is 5.33. The quantitative estimate of drug-likeness (QED) is 0.769. The van der Waals surface area contributed by atoms with Gasteiger partial charge >= 0.3 is 0 Å². The van der Waals surface area contributed by atoms with Crippen LogP contribution < -0.4 is 10.1 Å². The molecule has 2 aromatic rings. The van der Waals surface area contributed by atoms with Crippen molar-refractivity contribution in [1.82, 2.24) is 5.32 Å². The van der Waals surface area contributed by atoms with Crippen molar-refractivity contribution in [2.75, 3.05) is 6.54 Å². The Hall–Kier alpha value is -1.80. The number of benzene rings is 2. The molecule has 0 aliphatic carbocycles. The standard InChI is InChI=1S/C18H23NO/c1-3-8-18(19-4-2)15-11-13-17(14-12-15)20-16-9-6-5-7-10-16/h5-7,9-14,18-19H,3-4,8H2,1-2H3. The van der Waals surface area contributed by atoms with Gasteiger partial charge in [0.15, 0.2) is 0 Å². The molecule has 0 heterocycles. The maximum absolute atomic E-state index is 5.81. The Morgan fingerprint density at radius 2 is 1.55 bits per heavy atom.